The third kappa shape index (κ3) is 3.50. The molecule has 0 amide bonds. The van der Waals surface area contributed by atoms with Crippen molar-refractivity contribution in [2.45, 2.75) is 26.3 Å². The number of nitrogens with one attached hydrogen (secondary N) is 1. The van der Waals surface area contributed by atoms with Crippen LogP contribution >= 0.6 is 11.8 Å². The molecular formula is C14H20N2S. The summed E-state index contributed by atoms with van der Waals surface area (Å²) in [5.41, 5.74) is 1.34. The predicted molar refractivity (Wildman–Crippen MR) is 76.5 cm³/mol. The van der Waals surface area contributed by atoms with Gasteiger partial charge in [0.05, 0.1) is 6.04 Å². The molecule has 1 heterocycles. The molecule has 0 saturated heterocycles. The molecule has 17 heavy (non-hydrogen) atoms. The monoisotopic (exact) mass is 248 g/mol. The van der Waals surface area contributed by atoms with Crippen LogP contribution in [0.15, 0.2) is 35.3 Å². The van der Waals surface area contributed by atoms with Gasteiger partial charge in [-0.05, 0) is 17.9 Å². The van der Waals surface area contributed by atoms with Crippen LogP contribution in [0.2, 0.25) is 0 Å². The lowest BCUT2D eigenvalue weighted by atomic mass is 10.1. The first kappa shape index (κ1) is 12.5. The molecule has 3 heteroatoms. The zero-order valence-corrected chi connectivity index (χ0v) is 11.3. The molecule has 0 fully saturated rings. The molecule has 1 aliphatic heterocycles. The van der Waals surface area contributed by atoms with E-state index in [1.165, 1.54) is 11.3 Å². The summed E-state index contributed by atoms with van der Waals surface area (Å²) >= 11 is 1.85. The Hall–Kier alpha value is -0.960. The molecule has 0 aliphatic carbocycles. The van der Waals surface area contributed by atoms with Crippen molar-refractivity contribution in [2.24, 2.45) is 10.9 Å². The summed E-state index contributed by atoms with van der Waals surface area (Å²) in [6.45, 7) is 5.42. The number of rotatable bonds is 3. The average Bonchev–Trinajstić information content (AvgIpc) is 2.39. The molecule has 0 saturated carbocycles. The second-order valence-corrected chi connectivity index (χ2v) is 5.59. The summed E-state index contributed by atoms with van der Waals surface area (Å²) in [5.74, 6) is 1.89. The Kier molecular flexibility index (Phi) is 4.49. The highest BCUT2D eigenvalue weighted by molar-refractivity contribution is 8.13. The molecular weight excluding hydrogens is 228 g/mol. The summed E-state index contributed by atoms with van der Waals surface area (Å²) in [6.07, 6.45) is 1.08. The molecule has 0 bridgehead atoms. The third-order valence-corrected chi connectivity index (χ3v) is 4.22. The molecule has 2 unspecified atom stereocenters. The predicted octanol–water partition coefficient (Wildman–Crippen LogP) is 3.47. The van der Waals surface area contributed by atoms with Crippen molar-refractivity contribution >= 4 is 16.9 Å². The molecule has 0 radical (unpaired) electrons. The molecule has 1 N–H and O–H groups in total. The van der Waals surface area contributed by atoms with Gasteiger partial charge in [-0.15, -0.1) is 0 Å². The minimum absolute atomic E-state index is 0.385. The van der Waals surface area contributed by atoms with E-state index in [0.29, 0.717) is 12.0 Å². The number of hydrogen-bond acceptors (Lipinski definition) is 3. The second kappa shape index (κ2) is 6.10. The number of thioether (sulfide) groups is 1. The molecule has 2 nitrogen and oxygen atoms in total. The maximum Gasteiger partial charge on any atom is 0.157 e. The SMILES string of the molecule is CCC(NC1=NCC(C)CS1)c1ccccc1. The van der Waals surface area contributed by atoms with E-state index in [9.17, 15) is 0 Å². The zero-order valence-electron chi connectivity index (χ0n) is 10.5. The van der Waals surface area contributed by atoms with Gasteiger partial charge in [0.2, 0.25) is 0 Å². The molecule has 0 spiro atoms. The fourth-order valence-electron chi connectivity index (χ4n) is 1.90. The topological polar surface area (TPSA) is 24.4 Å². The second-order valence-electron chi connectivity index (χ2n) is 4.58. The van der Waals surface area contributed by atoms with Crippen LogP contribution < -0.4 is 5.32 Å². The van der Waals surface area contributed by atoms with Crippen molar-refractivity contribution in [3.63, 3.8) is 0 Å². The lowest BCUT2D eigenvalue weighted by Crippen LogP contribution is -2.29. The zero-order chi connectivity index (χ0) is 12.1. The van der Waals surface area contributed by atoms with E-state index < -0.39 is 0 Å². The van der Waals surface area contributed by atoms with Gasteiger partial charge >= 0.3 is 0 Å². The molecule has 1 aromatic carbocycles. The van der Waals surface area contributed by atoms with Crippen LogP contribution in [0.1, 0.15) is 31.9 Å². The summed E-state index contributed by atoms with van der Waals surface area (Å²) in [4.78, 5) is 4.59. The van der Waals surface area contributed by atoms with Gasteiger partial charge in [0.15, 0.2) is 5.17 Å². The van der Waals surface area contributed by atoms with E-state index >= 15 is 0 Å². The van der Waals surface area contributed by atoms with Crippen molar-refractivity contribution in [1.29, 1.82) is 0 Å². The molecule has 1 aromatic rings. The van der Waals surface area contributed by atoms with E-state index in [1.807, 2.05) is 11.8 Å². The highest BCUT2D eigenvalue weighted by Crippen LogP contribution is 2.21. The van der Waals surface area contributed by atoms with Crippen LogP contribution in [0.25, 0.3) is 0 Å². The Bertz CT molecular complexity index is 375. The molecule has 1 aliphatic rings. The highest BCUT2D eigenvalue weighted by Gasteiger charge is 2.15. The maximum absolute atomic E-state index is 4.59. The first-order valence-electron chi connectivity index (χ1n) is 6.28. The maximum atomic E-state index is 4.59. The molecule has 2 atom stereocenters. The van der Waals surface area contributed by atoms with Gasteiger partial charge in [-0.25, -0.2) is 0 Å². The third-order valence-electron chi connectivity index (χ3n) is 2.96. The number of amidine groups is 1. The van der Waals surface area contributed by atoms with Crippen molar-refractivity contribution < 1.29 is 0 Å². The summed E-state index contributed by atoms with van der Waals surface area (Å²) in [7, 11) is 0. The van der Waals surface area contributed by atoms with E-state index in [-0.39, 0.29) is 0 Å². The number of aliphatic imine (C=N–C) groups is 1. The normalized spacial score (nSPS) is 21.8. The van der Waals surface area contributed by atoms with Gasteiger partial charge < -0.3 is 5.32 Å². The fraction of sp³-hybridized carbons (Fsp3) is 0.500. The molecule has 2 rings (SSSR count). The molecule has 92 valence electrons. The fourth-order valence-corrected chi connectivity index (χ4v) is 2.84. The van der Waals surface area contributed by atoms with Crippen LogP contribution in [0.3, 0.4) is 0 Å². The van der Waals surface area contributed by atoms with Crippen molar-refractivity contribution in [3.05, 3.63) is 35.9 Å². The van der Waals surface area contributed by atoms with Gasteiger partial charge in [-0.2, -0.15) is 0 Å². The first-order valence-corrected chi connectivity index (χ1v) is 7.27. The largest absolute Gasteiger partial charge is 0.358 e. The average molecular weight is 248 g/mol. The van der Waals surface area contributed by atoms with Crippen LogP contribution in [-0.4, -0.2) is 17.5 Å². The minimum Gasteiger partial charge on any atom is -0.358 e. The Labute approximate surface area is 108 Å². The van der Waals surface area contributed by atoms with Crippen LogP contribution in [0.4, 0.5) is 0 Å². The number of hydrogen-bond donors (Lipinski definition) is 1. The van der Waals surface area contributed by atoms with Gasteiger partial charge in [0, 0.05) is 12.3 Å². The first-order chi connectivity index (χ1) is 8.29. The van der Waals surface area contributed by atoms with E-state index in [0.717, 1.165) is 18.1 Å². The van der Waals surface area contributed by atoms with Crippen molar-refractivity contribution in [1.82, 2.24) is 5.32 Å². The van der Waals surface area contributed by atoms with Gasteiger partial charge in [-0.1, -0.05) is 55.9 Å². The number of benzene rings is 1. The highest BCUT2D eigenvalue weighted by atomic mass is 32.2. The van der Waals surface area contributed by atoms with Crippen LogP contribution in [0.5, 0.6) is 0 Å². The van der Waals surface area contributed by atoms with E-state index in [1.54, 1.807) is 0 Å². The standard InChI is InChI=1S/C14H20N2S/c1-3-13(12-7-5-4-6-8-12)16-14-15-9-11(2)10-17-14/h4-8,11,13H,3,9-10H2,1-2H3,(H,15,16). The van der Waals surface area contributed by atoms with Gasteiger partial charge in [0.1, 0.15) is 0 Å². The quantitative estimate of drug-likeness (QED) is 0.886. The lowest BCUT2D eigenvalue weighted by Gasteiger charge is -2.23. The van der Waals surface area contributed by atoms with Crippen LogP contribution in [0, 0.1) is 5.92 Å². The van der Waals surface area contributed by atoms with E-state index in [2.05, 4.69) is 54.5 Å². The summed E-state index contributed by atoms with van der Waals surface area (Å²) in [5, 5.41) is 4.67. The smallest absolute Gasteiger partial charge is 0.157 e. The summed E-state index contributed by atoms with van der Waals surface area (Å²) in [6, 6.07) is 11.0. The van der Waals surface area contributed by atoms with Crippen molar-refractivity contribution in [3.8, 4) is 0 Å². The van der Waals surface area contributed by atoms with Gasteiger partial charge in [-0.3, -0.25) is 4.99 Å². The minimum atomic E-state index is 0.385. The Morgan fingerprint density at radius 1 is 1.41 bits per heavy atom. The number of nitrogens with zero attached hydrogens (tertiary/aromatic N) is 1. The lowest BCUT2D eigenvalue weighted by molar-refractivity contribution is 0.617. The summed E-state index contributed by atoms with van der Waals surface area (Å²) < 4.78 is 0. The Morgan fingerprint density at radius 2 is 2.18 bits per heavy atom. The molecule has 0 aromatic heterocycles. The Morgan fingerprint density at radius 3 is 2.76 bits per heavy atom. The van der Waals surface area contributed by atoms with E-state index in [4.69, 9.17) is 0 Å². The van der Waals surface area contributed by atoms with Crippen LogP contribution in [-0.2, 0) is 0 Å². The Balaban J connectivity index is 2.01. The van der Waals surface area contributed by atoms with Crippen molar-refractivity contribution in [2.75, 3.05) is 12.3 Å². The van der Waals surface area contributed by atoms with Gasteiger partial charge in [0.25, 0.3) is 0 Å².